The molecule has 21 heavy (non-hydrogen) atoms. The van der Waals surface area contributed by atoms with Crippen LogP contribution in [0.15, 0.2) is 36.4 Å². The molecule has 4 heteroatoms. The van der Waals surface area contributed by atoms with Crippen molar-refractivity contribution < 1.29 is 4.74 Å². The lowest BCUT2D eigenvalue weighted by atomic mass is 10.1. The Morgan fingerprint density at radius 3 is 2.62 bits per heavy atom. The molecule has 1 heterocycles. The Morgan fingerprint density at radius 1 is 1.14 bits per heavy atom. The van der Waals surface area contributed by atoms with Crippen LogP contribution in [0.25, 0.3) is 10.2 Å². The Hall–Kier alpha value is -2.07. The van der Waals surface area contributed by atoms with Gasteiger partial charge in [-0.1, -0.05) is 29.5 Å². The summed E-state index contributed by atoms with van der Waals surface area (Å²) in [5.41, 5.74) is 4.83. The van der Waals surface area contributed by atoms with E-state index in [1.807, 2.05) is 12.1 Å². The quantitative estimate of drug-likeness (QED) is 0.768. The number of hydrogen-bond donors (Lipinski definition) is 1. The number of nitrogens with one attached hydrogen (secondary N) is 1. The van der Waals surface area contributed by atoms with Crippen LogP contribution in [0.1, 0.15) is 16.7 Å². The van der Waals surface area contributed by atoms with Gasteiger partial charge in [0, 0.05) is 6.54 Å². The van der Waals surface area contributed by atoms with Crippen LogP contribution in [0.3, 0.4) is 0 Å². The second-order valence-corrected chi connectivity index (χ2v) is 6.18. The van der Waals surface area contributed by atoms with E-state index in [0.29, 0.717) is 0 Å². The highest BCUT2D eigenvalue weighted by atomic mass is 32.1. The lowest BCUT2D eigenvalue weighted by molar-refractivity contribution is 0.414. The van der Waals surface area contributed by atoms with Gasteiger partial charge in [0.05, 0.1) is 17.3 Å². The van der Waals surface area contributed by atoms with Crippen molar-refractivity contribution in [1.82, 2.24) is 4.98 Å². The molecule has 0 aliphatic rings. The molecule has 1 aromatic heterocycles. The van der Waals surface area contributed by atoms with Gasteiger partial charge in [0.1, 0.15) is 5.75 Å². The lowest BCUT2D eigenvalue weighted by Gasteiger charge is -2.04. The molecule has 108 valence electrons. The number of ether oxygens (including phenoxy) is 1. The first-order valence-electron chi connectivity index (χ1n) is 6.90. The Labute approximate surface area is 128 Å². The third-order valence-corrected chi connectivity index (χ3v) is 4.39. The molecule has 0 atom stereocenters. The van der Waals surface area contributed by atoms with Gasteiger partial charge in [-0.05, 0) is 48.7 Å². The van der Waals surface area contributed by atoms with Crippen LogP contribution in [0.2, 0.25) is 0 Å². The summed E-state index contributed by atoms with van der Waals surface area (Å²) in [4.78, 5) is 4.68. The highest BCUT2D eigenvalue weighted by Crippen LogP contribution is 2.29. The van der Waals surface area contributed by atoms with Gasteiger partial charge in [-0.2, -0.15) is 0 Å². The van der Waals surface area contributed by atoms with Crippen molar-refractivity contribution in [2.45, 2.75) is 20.4 Å². The van der Waals surface area contributed by atoms with Crippen LogP contribution in [0, 0.1) is 13.8 Å². The first-order valence-corrected chi connectivity index (χ1v) is 7.72. The number of rotatable bonds is 4. The third kappa shape index (κ3) is 3.00. The molecule has 0 aliphatic heterocycles. The van der Waals surface area contributed by atoms with Crippen molar-refractivity contribution in [3.63, 3.8) is 0 Å². The van der Waals surface area contributed by atoms with E-state index in [1.54, 1.807) is 18.4 Å². The SMILES string of the molecule is COc1ccc(CNc2nc3c(C)cc(C)cc3s2)cc1. The zero-order chi connectivity index (χ0) is 14.8. The van der Waals surface area contributed by atoms with Crippen molar-refractivity contribution in [3.05, 3.63) is 53.1 Å². The molecule has 3 rings (SSSR count). The highest BCUT2D eigenvalue weighted by Gasteiger charge is 2.06. The summed E-state index contributed by atoms with van der Waals surface area (Å²) in [7, 11) is 1.68. The van der Waals surface area contributed by atoms with Gasteiger partial charge in [0.2, 0.25) is 0 Å². The molecule has 0 fully saturated rings. The fourth-order valence-corrected chi connectivity index (χ4v) is 3.40. The molecule has 2 aromatic carbocycles. The summed E-state index contributed by atoms with van der Waals surface area (Å²) in [5.74, 6) is 0.879. The molecule has 0 aliphatic carbocycles. The molecular weight excluding hydrogens is 280 g/mol. The molecular formula is C17H18N2OS. The average molecular weight is 298 g/mol. The zero-order valence-electron chi connectivity index (χ0n) is 12.4. The van der Waals surface area contributed by atoms with Crippen LogP contribution >= 0.6 is 11.3 Å². The molecule has 0 saturated heterocycles. The Balaban J connectivity index is 1.77. The largest absolute Gasteiger partial charge is 0.497 e. The van der Waals surface area contributed by atoms with Gasteiger partial charge >= 0.3 is 0 Å². The smallest absolute Gasteiger partial charge is 0.184 e. The number of aromatic nitrogens is 1. The van der Waals surface area contributed by atoms with E-state index in [0.717, 1.165) is 22.9 Å². The normalized spacial score (nSPS) is 10.8. The number of methoxy groups -OCH3 is 1. The highest BCUT2D eigenvalue weighted by molar-refractivity contribution is 7.22. The molecule has 1 N–H and O–H groups in total. The molecule has 0 saturated carbocycles. The summed E-state index contributed by atoms with van der Waals surface area (Å²) < 4.78 is 6.41. The predicted octanol–water partition coefficient (Wildman–Crippen LogP) is 4.53. The van der Waals surface area contributed by atoms with Gasteiger partial charge in [-0.25, -0.2) is 4.98 Å². The van der Waals surface area contributed by atoms with E-state index in [9.17, 15) is 0 Å². The maximum absolute atomic E-state index is 5.17. The summed E-state index contributed by atoms with van der Waals surface area (Å²) in [5, 5.41) is 4.37. The van der Waals surface area contributed by atoms with Crippen molar-refractivity contribution in [2.24, 2.45) is 0 Å². The van der Waals surface area contributed by atoms with Crippen LogP contribution < -0.4 is 10.1 Å². The predicted molar refractivity (Wildman–Crippen MR) is 89.4 cm³/mol. The minimum Gasteiger partial charge on any atom is -0.497 e. The fraction of sp³-hybridized carbons (Fsp3) is 0.235. The number of nitrogens with zero attached hydrogens (tertiary/aromatic N) is 1. The van der Waals surface area contributed by atoms with E-state index < -0.39 is 0 Å². The van der Waals surface area contributed by atoms with Crippen molar-refractivity contribution in [1.29, 1.82) is 0 Å². The second kappa shape index (κ2) is 5.74. The molecule has 3 aromatic rings. The van der Waals surface area contributed by atoms with Crippen LogP contribution in [-0.2, 0) is 6.54 Å². The number of hydrogen-bond acceptors (Lipinski definition) is 4. The van der Waals surface area contributed by atoms with Crippen molar-refractivity contribution >= 4 is 26.7 Å². The van der Waals surface area contributed by atoms with Crippen molar-refractivity contribution in [3.8, 4) is 5.75 Å². The van der Waals surface area contributed by atoms with Crippen LogP contribution in [0.5, 0.6) is 5.75 Å². The average Bonchev–Trinajstić information content (AvgIpc) is 2.89. The lowest BCUT2D eigenvalue weighted by Crippen LogP contribution is -1.98. The summed E-state index contributed by atoms with van der Waals surface area (Å²) in [6.45, 7) is 5.00. The van der Waals surface area contributed by atoms with Gasteiger partial charge in [-0.3, -0.25) is 0 Å². The first-order chi connectivity index (χ1) is 10.2. The van der Waals surface area contributed by atoms with E-state index in [2.05, 4.69) is 48.4 Å². The summed E-state index contributed by atoms with van der Waals surface area (Å²) in [6, 6.07) is 12.4. The molecule has 0 spiro atoms. The number of benzene rings is 2. The second-order valence-electron chi connectivity index (χ2n) is 5.15. The number of fused-ring (bicyclic) bond motifs is 1. The van der Waals surface area contributed by atoms with E-state index in [1.165, 1.54) is 21.4 Å². The van der Waals surface area contributed by atoms with Gasteiger partial charge in [0.15, 0.2) is 5.13 Å². The fourth-order valence-electron chi connectivity index (χ4n) is 2.37. The Bertz CT molecular complexity index is 762. The van der Waals surface area contributed by atoms with Crippen LogP contribution in [0.4, 0.5) is 5.13 Å². The molecule has 0 unspecified atom stereocenters. The van der Waals surface area contributed by atoms with Gasteiger partial charge in [-0.15, -0.1) is 0 Å². The van der Waals surface area contributed by atoms with Crippen LogP contribution in [-0.4, -0.2) is 12.1 Å². The summed E-state index contributed by atoms with van der Waals surface area (Å²) >= 11 is 1.71. The Kier molecular flexibility index (Phi) is 3.80. The minimum absolute atomic E-state index is 0.766. The maximum Gasteiger partial charge on any atom is 0.184 e. The van der Waals surface area contributed by atoms with Gasteiger partial charge < -0.3 is 10.1 Å². The standard InChI is InChI=1S/C17H18N2OS/c1-11-8-12(2)16-15(9-11)21-17(19-16)18-10-13-4-6-14(20-3)7-5-13/h4-9H,10H2,1-3H3,(H,18,19). The zero-order valence-corrected chi connectivity index (χ0v) is 13.3. The van der Waals surface area contributed by atoms with E-state index >= 15 is 0 Å². The third-order valence-electron chi connectivity index (χ3n) is 3.43. The molecule has 3 nitrogen and oxygen atoms in total. The molecule has 0 amide bonds. The first kappa shape index (κ1) is 13.9. The van der Waals surface area contributed by atoms with Gasteiger partial charge in [0.25, 0.3) is 0 Å². The maximum atomic E-state index is 5.17. The molecule has 0 bridgehead atoms. The Morgan fingerprint density at radius 2 is 1.90 bits per heavy atom. The topological polar surface area (TPSA) is 34.1 Å². The number of anilines is 1. The van der Waals surface area contributed by atoms with Crippen molar-refractivity contribution in [2.75, 3.05) is 12.4 Å². The summed E-state index contributed by atoms with van der Waals surface area (Å²) in [6.07, 6.45) is 0. The number of thiazole rings is 1. The monoisotopic (exact) mass is 298 g/mol. The minimum atomic E-state index is 0.766. The van der Waals surface area contributed by atoms with E-state index in [4.69, 9.17) is 4.74 Å². The molecule has 0 radical (unpaired) electrons. The number of aryl methyl sites for hydroxylation is 2. The van der Waals surface area contributed by atoms with E-state index in [-0.39, 0.29) is 0 Å².